The van der Waals surface area contributed by atoms with Crippen molar-refractivity contribution in [1.82, 2.24) is 9.80 Å². The van der Waals surface area contributed by atoms with Gasteiger partial charge in [-0.1, -0.05) is 49.6 Å². The van der Waals surface area contributed by atoms with Gasteiger partial charge in [-0.2, -0.15) is 0 Å². The summed E-state index contributed by atoms with van der Waals surface area (Å²) in [4.78, 5) is 7.37. The molecular formula is C29H42FN3O. The van der Waals surface area contributed by atoms with Crippen LogP contribution < -0.4 is 9.64 Å². The highest BCUT2D eigenvalue weighted by Gasteiger charge is 2.34. The van der Waals surface area contributed by atoms with Crippen molar-refractivity contribution in [3.8, 4) is 5.75 Å². The lowest BCUT2D eigenvalue weighted by molar-refractivity contribution is 0.128. The molecule has 0 unspecified atom stereocenters. The number of nitrogens with zero attached hydrogens (tertiary/aromatic N) is 3. The van der Waals surface area contributed by atoms with E-state index in [4.69, 9.17) is 4.74 Å². The van der Waals surface area contributed by atoms with Crippen LogP contribution in [0.2, 0.25) is 0 Å². The van der Waals surface area contributed by atoms with E-state index in [1.807, 2.05) is 30.3 Å². The van der Waals surface area contributed by atoms with Crippen molar-refractivity contribution in [2.75, 3.05) is 58.8 Å². The molecule has 2 fully saturated rings. The molecule has 5 heteroatoms. The molecule has 34 heavy (non-hydrogen) atoms. The zero-order chi connectivity index (χ0) is 23.9. The lowest BCUT2D eigenvalue weighted by Crippen LogP contribution is -2.48. The molecule has 2 atom stereocenters. The summed E-state index contributed by atoms with van der Waals surface area (Å²) in [5, 5.41) is 0. The molecule has 0 amide bonds. The molecule has 186 valence electrons. The van der Waals surface area contributed by atoms with Crippen molar-refractivity contribution >= 4 is 5.69 Å². The number of rotatable bonds is 9. The summed E-state index contributed by atoms with van der Waals surface area (Å²) in [5.41, 5.74) is 2.08. The fourth-order valence-electron chi connectivity index (χ4n) is 6.30. The fourth-order valence-corrected chi connectivity index (χ4v) is 6.30. The van der Waals surface area contributed by atoms with E-state index in [1.54, 1.807) is 13.2 Å². The molecule has 4 rings (SSSR count). The molecule has 4 nitrogen and oxygen atoms in total. The number of hydrogen-bond acceptors (Lipinski definition) is 4. The van der Waals surface area contributed by atoms with E-state index in [0.29, 0.717) is 12.0 Å². The fraction of sp³-hybridized carbons (Fsp3) is 0.586. The number of halogens is 1. The van der Waals surface area contributed by atoms with Crippen molar-refractivity contribution in [2.45, 2.75) is 50.5 Å². The van der Waals surface area contributed by atoms with Gasteiger partial charge in [0.2, 0.25) is 0 Å². The normalized spacial score (nSPS) is 19.9. The third-order valence-corrected chi connectivity index (χ3v) is 8.00. The first-order valence-corrected chi connectivity index (χ1v) is 13.1. The second kappa shape index (κ2) is 12.0. The Morgan fingerprint density at radius 1 is 0.941 bits per heavy atom. The molecule has 1 aliphatic carbocycles. The topological polar surface area (TPSA) is 19.0 Å². The summed E-state index contributed by atoms with van der Waals surface area (Å²) in [5.74, 6) is 1.76. The van der Waals surface area contributed by atoms with Gasteiger partial charge in [-0.25, -0.2) is 4.39 Å². The average Bonchev–Trinajstić information content (AvgIpc) is 2.87. The summed E-state index contributed by atoms with van der Waals surface area (Å²) < 4.78 is 20.6. The van der Waals surface area contributed by atoms with Gasteiger partial charge in [0.15, 0.2) is 0 Å². The molecule has 1 saturated heterocycles. The predicted octanol–water partition coefficient (Wildman–Crippen LogP) is 5.64. The zero-order valence-corrected chi connectivity index (χ0v) is 21.3. The second-order valence-electron chi connectivity index (χ2n) is 10.3. The minimum atomic E-state index is -0.0452. The lowest BCUT2D eigenvalue weighted by Gasteiger charge is -2.42. The van der Waals surface area contributed by atoms with Gasteiger partial charge in [-0.15, -0.1) is 0 Å². The van der Waals surface area contributed by atoms with Gasteiger partial charge in [-0.05, 0) is 69.6 Å². The first kappa shape index (κ1) is 25.0. The average molecular weight is 468 g/mol. The van der Waals surface area contributed by atoms with Crippen LogP contribution in [0.3, 0.4) is 0 Å². The van der Waals surface area contributed by atoms with Crippen LogP contribution in [-0.2, 0) is 0 Å². The van der Waals surface area contributed by atoms with Crippen LogP contribution in [0, 0.1) is 11.7 Å². The Hall–Kier alpha value is -2.11. The van der Waals surface area contributed by atoms with Crippen LogP contribution in [0.15, 0.2) is 48.5 Å². The van der Waals surface area contributed by atoms with Crippen molar-refractivity contribution in [1.29, 1.82) is 0 Å². The summed E-state index contributed by atoms with van der Waals surface area (Å²) in [6, 6.07) is 16.2. The van der Waals surface area contributed by atoms with Gasteiger partial charge in [0.25, 0.3) is 0 Å². The van der Waals surface area contributed by atoms with E-state index in [0.717, 1.165) is 50.5 Å². The summed E-state index contributed by atoms with van der Waals surface area (Å²) >= 11 is 0. The third-order valence-electron chi connectivity index (χ3n) is 8.00. The van der Waals surface area contributed by atoms with Gasteiger partial charge in [-0.3, -0.25) is 4.90 Å². The van der Waals surface area contributed by atoms with Gasteiger partial charge in [0.1, 0.15) is 11.6 Å². The van der Waals surface area contributed by atoms with Crippen LogP contribution in [0.25, 0.3) is 0 Å². The van der Waals surface area contributed by atoms with Crippen LogP contribution >= 0.6 is 0 Å². The highest BCUT2D eigenvalue weighted by molar-refractivity contribution is 5.58. The SMILES string of the molecule is COc1ccccc1N1CCN(CC[C@H](c2ccccc2F)[C@H](C2CCCCC2)N(C)C)CC1. The number of para-hydroxylation sites is 2. The first-order chi connectivity index (χ1) is 16.6. The standard InChI is InChI=1S/C29H42FN3O/c1-31(2)29(23-11-5-4-6-12-23)25(24-13-7-8-14-26(24)30)17-18-32-19-21-33(22-20-32)27-15-9-10-16-28(27)34-3/h7-10,13-16,23,25,29H,4-6,11-12,17-22H2,1-3H3/t25-,29+/m1/s1. The Kier molecular flexibility index (Phi) is 8.85. The Morgan fingerprint density at radius 2 is 1.62 bits per heavy atom. The maximum atomic E-state index is 15.1. The molecule has 0 spiro atoms. The Bertz CT molecular complexity index is 890. The van der Waals surface area contributed by atoms with Crippen LogP contribution in [0.1, 0.15) is 50.0 Å². The van der Waals surface area contributed by atoms with Crippen molar-refractivity contribution in [3.05, 3.63) is 59.9 Å². The molecule has 2 aromatic rings. The van der Waals surface area contributed by atoms with Gasteiger partial charge >= 0.3 is 0 Å². The van der Waals surface area contributed by atoms with Crippen molar-refractivity contribution < 1.29 is 9.13 Å². The molecule has 0 aromatic heterocycles. The van der Waals surface area contributed by atoms with Crippen molar-refractivity contribution in [2.24, 2.45) is 5.92 Å². The molecule has 2 aliphatic rings. The quantitative estimate of drug-likeness (QED) is 0.475. The molecule has 1 aliphatic heterocycles. The van der Waals surface area contributed by atoms with Gasteiger partial charge in [0, 0.05) is 38.1 Å². The monoisotopic (exact) mass is 467 g/mol. The predicted molar refractivity (Wildman–Crippen MR) is 139 cm³/mol. The minimum absolute atomic E-state index is 0.0452. The minimum Gasteiger partial charge on any atom is -0.495 e. The maximum Gasteiger partial charge on any atom is 0.142 e. The van der Waals surface area contributed by atoms with Crippen molar-refractivity contribution in [3.63, 3.8) is 0 Å². The largest absolute Gasteiger partial charge is 0.495 e. The molecule has 0 bridgehead atoms. The van der Waals surface area contributed by atoms with E-state index in [2.05, 4.69) is 40.9 Å². The van der Waals surface area contributed by atoms with Gasteiger partial charge in [0.05, 0.1) is 12.8 Å². The van der Waals surface area contributed by atoms with Crippen LogP contribution in [-0.4, -0.2) is 69.8 Å². The van der Waals surface area contributed by atoms with E-state index in [9.17, 15) is 0 Å². The van der Waals surface area contributed by atoms with Crippen LogP contribution in [0.4, 0.5) is 10.1 Å². The number of piperazine rings is 1. The highest BCUT2D eigenvalue weighted by Crippen LogP contribution is 2.38. The number of ether oxygens (including phenoxy) is 1. The number of likely N-dealkylation sites (N-methyl/N-ethyl adjacent to an activating group) is 1. The van der Waals surface area contributed by atoms with E-state index in [-0.39, 0.29) is 11.7 Å². The smallest absolute Gasteiger partial charge is 0.142 e. The zero-order valence-electron chi connectivity index (χ0n) is 21.3. The maximum absolute atomic E-state index is 15.1. The molecule has 1 heterocycles. The number of anilines is 1. The molecule has 1 saturated carbocycles. The molecule has 0 N–H and O–H groups in total. The summed E-state index contributed by atoms with van der Waals surface area (Å²) in [6.45, 7) is 5.04. The lowest BCUT2D eigenvalue weighted by atomic mass is 9.74. The van der Waals surface area contributed by atoms with Crippen LogP contribution in [0.5, 0.6) is 5.75 Å². The number of methoxy groups -OCH3 is 1. The van der Waals surface area contributed by atoms with E-state index >= 15 is 4.39 Å². The molecule has 0 radical (unpaired) electrons. The summed E-state index contributed by atoms with van der Waals surface area (Å²) in [7, 11) is 6.13. The highest BCUT2D eigenvalue weighted by atomic mass is 19.1. The Morgan fingerprint density at radius 3 is 2.29 bits per heavy atom. The van der Waals surface area contributed by atoms with Gasteiger partial charge < -0.3 is 14.5 Å². The Labute approximate surface area is 205 Å². The first-order valence-electron chi connectivity index (χ1n) is 13.1. The number of benzene rings is 2. The molecule has 2 aromatic carbocycles. The Balaban J connectivity index is 1.44. The summed E-state index contributed by atoms with van der Waals surface area (Å²) in [6.07, 6.45) is 7.50. The van der Waals surface area contributed by atoms with E-state index in [1.165, 1.54) is 37.8 Å². The second-order valence-corrected chi connectivity index (χ2v) is 10.3. The molecular weight excluding hydrogens is 425 g/mol. The third kappa shape index (κ3) is 5.92. The number of hydrogen-bond donors (Lipinski definition) is 0. The van der Waals surface area contributed by atoms with E-state index < -0.39 is 0 Å².